The third-order valence-electron chi connectivity index (χ3n) is 3.39. The fraction of sp³-hybridized carbons (Fsp3) is 0.533. The van der Waals surface area contributed by atoms with Crippen molar-refractivity contribution >= 4 is 6.09 Å². The van der Waals surface area contributed by atoms with E-state index in [9.17, 15) is 4.79 Å². The first-order valence-electron chi connectivity index (χ1n) is 6.79. The molecule has 4 nitrogen and oxygen atoms in total. The zero-order chi connectivity index (χ0) is 13.7. The lowest BCUT2D eigenvalue weighted by Gasteiger charge is -2.26. The third-order valence-corrected chi connectivity index (χ3v) is 3.39. The van der Waals surface area contributed by atoms with Gasteiger partial charge in [0.25, 0.3) is 0 Å². The zero-order valence-corrected chi connectivity index (χ0v) is 11.7. The van der Waals surface area contributed by atoms with Gasteiger partial charge in [0.05, 0.1) is 0 Å². The number of carbonyl (C=O) groups is 1. The summed E-state index contributed by atoms with van der Waals surface area (Å²) in [6.45, 7) is 2.07. The van der Waals surface area contributed by atoms with Crippen LogP contribution < -0.4 is 0 Å². The average molecular weight is 262 g/mol. The van der Waals surface area contributed by atoms with Gasteiger partial charge in [-0.05, 0) is 32.5 Å². The summed E-state index contributed by atoms with van der Waals surface area (Å²) in [5, 5.41) is 0. The number of rotatable bonds is 4. The molecule has 1 aliphatic rings. The van der Waals surface area contributed by atoms with Gasteiger partial charge in [0.1, 0.15) is 6.61 Å². The number of carbonyl (C=O) groups excluding carboxylic acids is 1. The molecule has 19 heavy (non-hydrogen) atoms. The first kappa shape index (κ1) is 13.9. The lowest BCUT2D eigenvalue weighted by Crippen LogP contribution is -2.41. The molecule has 1 atom stereocenters. The van der Waals surface area contributed by atoms with Gasteiger partial charge in [0.2, 0.25) is 0 Å². The maximum absolute atomic E-state index is 12.1. The first-order valence-corrected chi connectivity index (χ1v) is 6.79. The SMILES string of the molecule is CN(C)CC1CCCN1C(=O)OCc1ccccc1. The van der Waals surface area contributed by atoms with Crippen molar-refractivity contribution in [3.05, 3.63) is 35.9 Å². The van der Waals surface area contributed by atoms with Crippen LogP contribution in [0.15, 0.2) is 30.3 Å². The van der Waals surface area contributed by atoms with Crippen molar-refractivity contribution in [2.24, 2.45) is 0 Å². The summed E-state index contributed by atoms with van der Waals surface area (Å²) < 4.78 is 5.39. The molecule has 0 aliphatic carbocycles. The Balaban J connectivity index is 1.85. The molecule has 0 aromatic heterocycles. The van der Waals surface area contributed by atoms with Crippen molar-refractivity contribution in [1.29, 1.82) is 0 Å². The fourth-order valence-corrected chi connectivity index (χ4v) is 2.49. The molecular weight excluding hydrogens is 240 g/mol. The van der Waals surface area contributed by atoms with Gasteiger partial charge >= 0.3 is 6.09 Å². The van der Waals surface area contributed by atoms with E-state index in [1.165, 1.54) is 0 Å². The topological polar surface area (TPSA) is 32.8 Å². The summed E-state index contributed by atoms with van der Waals surface area (Å²) in [4.78, 5) is 16.1. The normalized spacial score (nSPS) is 18.9. The minimum Gasteiger partial charge on any atom is -0.445 e. The van der Waals surface area contributed by atoms with Crippen LogP contribution in [-0.4, -0.2) is 49.1 Å². The van der Waals surface area contributed by atoms with Gasteiger partial charge in [0.15, 0.2) is 0 Å². The summed E-state index contributed by atoms with van der Waals surface area (Å²) in [5.41, 5.74) is 1.03. The highest BCUT2D eigenvalue weighted by molar-refractivity contribution is 5.68. The minimum atomic E-state index is -0.187. The number of hydrogen-bond acceptors (Lipinski definition) is 3. The van der Waals surface area contributed by atoms with Crippen molar-refractivity contribution in [1.82, 2.24) is 9.80 Å². The van der Waals surface area contributed by atoms with Crippen LogP contribution in [-0.2, 0) is 11.3 Å². The lowest BCUT2D eigenvalue weighted by molar-refractivity contribution is 0.0876. The Kier molecular flexibility index (Phi) is 4.80. The molecule has 1 aliphatic heterocycles. The fourth-order valence-electron chi connectivity index (χ4n) is 2.49. The highest BCUT2D eigenvalue weighted by atomic mass is 16.6. The van der Waals surface area contributed by atoms with Gasteiger partial charge in [-0.15, -0.1) is 0 Å². The predicted molar refractivity (Wildman–Crippen MR) is 74.9 cm³/mol. The minimum absolute atomic E-state index is 0.187. The van der Waals surface area contributed by atoms with Gasteiger partial charge in [0, 0.05) is 19.1 Å². The average Bonchev–Trinajstić information content (AvgIpc) is 2.84. The molecule has 0 spiro atoms. The predicted octanol–water partition coefficient (Wildman–Crippen LogP) is 2.35. The van der Waals surface area contributed by atoms with Gasteiger partial charge in [-0.1, -0.05) is 30.3 Å². The molecule has 104 valence electrons. The van der Waals surface area contributed by atoms with E-state index in [0.717, 1.165) is 31.5 Å². The number of hydrogen-bond donors (Lipinski definition) is 0. The van der Waals surface area contributed by atoms with E-state index >= 15 is 0 Å². The molecule has 1 aromatic carbocycles. The summed E-state index contributed by atoms with van der Waals surface area (Å²) in [5.74, 6) is 0. The van der Waals surface area contributed by atoms with Crippen molar-refractivity contribution < 1.29 is 9.53 Å². The van der Waals surface area contributed by atoms with Gasteiger partial charge in [-0.25, -0.2) is 4.79 Å². The highest BCUT2D eigenvalue weighted by Crippen LogP contribution is 2.19. The first-order chi connectivity index (χ1) is 9.16. The van der Waals surface area contributed by atoms with Crippen LogP contribution in [0.4, 0.5) is 4.79 Å². The van der Waals surface area contributed by atoms with Crippen LogP contribution in [0, 0.1) is 0 Å². The van der Waals surface area contributed by atoms with Crippen LogP contribution in [0.3, 0.4) is 0 Å². The second-order valence-electron chi connectivity index (χ2n) is 5.29. The van der Waals surface area contributed by atoms with E-state index in [-0.39, 0.29) is 6.09 Å². The number of amides is 1. The number of nitrogens with zero attached hydrogens (tertiary/aromatic N) is 2. The summed E-state index contributed by atoms with van der Waals surface area (Å²) in [6, 6.07) is 10.1. The summed E-state index contributed by atoms with van der Waals surface area (Å²) in [6.07, 6.45) is 1.95. The molecule has 1 unspecified atom stereocenters. The van der Waals surface area contributed by atoms with Crippen molar-refractivity contribution in [2.45, 2.75) is 25.5 Å². The molecular formula is C15H22N2O2. The maximum Gasteiger partial charge on any atom is 0.410 e. The Hall–Kier alpha value is -1.55. The molecule has 1 heterocycles. The van der Waals surface area contributed by atoms with Crippen molar-refractivity contribution in [2.75, 3.05) is 27.2 Å². The van der Waals surface area contributed by atoms with Gasteiger partial charge in [-0.3, -0.25) is 0 Å². The van der Waals surface area contributed by atoms with Crippen LogP contribution >= 0.6 is 0 Å². The highest BCUT2D eigenvalue weighted by Gasteiger charge is 2.29. The Morgan fingerprint density at radius 3 is 2.79 bits per heavy atom. The number of likely N-dealkylation sites (N-methyl/N-ethyl adjacent to an activating group) is 1. The van der Waals surface area contributed by atoms with E-state index in [2.05, 4.69) is 4.90 Å². The zero-order valence-electron chi connectivity index (χ0n) is 11.7. The lowest BCUT2D eigenvalue weighted by atomic mass is 10.2. The largest absolute Gasteiger partial charge is 0.445 e. The van der Waals surface area contributed by atoms with E-state index < -0.39 is 0 Å². The molecule has 1 fully saturated rings. The molecule has 0 N–H and O–H groups in total. The molecule has 1 saturated heterocycles. The molecule has 4 heteroatoms. The van der Waals surface area contributed by atoms with Crippen LogP contribution in [0.5, 0.6) is 0 Å². The Bertz CT molecular complexity index is 406. The number of ether oxygens (including phenoxy) is 1. The van der Waals surface area contributed by atoms with E-state index in [1.807, 2.05) is 49.3 Å². The van der Waals surface area contributed by atoms with E-state index in [1.54, 1.807) is 0 Å². The molecule has 0 radical (unpaired) electrons. The van der Waals surface area contributed by atoms with Crippen LogP contribution in [0.25, 0.3) is 0 Å². The smallest absolute Gasteiger partial charge is 0.410 e. The summed E-state index contributed by atoms with van der Waals surface area (Å²) in [7, 11) is 4.07. The van der Waals surface area contributed by atoms with Gasteiger partial charge in [-0.2, -0.15) is 0 Å². The molecule has 0 bridgehead atoms. The van der Waals surface area contributed by atoms with Crippen LogP contribution in [0.2, 0.25) is 0 Å². The standard InChI is InChI=1S/C15H22N2O2/c1-16(2)11-14-9-6-10-17(14)15(18)19-12-13-7-4-3-5-8-13/h3-5,7-8,14H,6,9-12H2,1-2H3. The maximum atomic E-state index is 12.1. The monoisotopic (exact) mass is 262 g/mol. The van der Waals surface area contributed by atoms with Crippen molar-refractivity contribution in [3.8, 4) is 0 Å². The van der Waals surface area contributed by atoms with E-state index in [0.29, 0.717) is 12.6 Å². The van der Waals surface area contributed by atoms with Crippen molar-refractivity contribution in [3.63, 3.8) is 0 Å². The quantitative estimate of drug-likeness (QED) is 0.835. The number of benzene rings is 1. The second-order valence-corrected chi connectivity index (χ2v) is 5.29. The Morgan fingerprint density at radius 2 is 2.11 bits per heavy atom. The number of likely N-dealkylation sites (tertiary alicyclic amines) is 1. The third kappa shape index (κ3) is 3.96. The second kappa shape index (κ2) is 6.57. The molecule has 0 saturated carbocycles. The molecule has 1 aromatic rings. The molecule has 2 rings (SSSR count). The van der Waals surface area contributed by atoms with E-state index in [4.69, 9.17) is 4.74 Å². The Morgan fingerprint density at radius 1 is 1.37 bits per heavy atom. The molecule has 1 amide bonds. The van der Waals surface area contributed by atoms with Crippen LogP contribution in [0.1, 0.15) is 18.4 Å². The van der Waals surface area contributed by atoms with Gasteiger partial charge < -0.3 is 14.5 Å². The Labute approximate surface area is 115 Å². The summed E-state index contributed by atoms with van der Waals surface area (Å²) >= 11 is 0.